The van der Waals surface area contributed by atoms with E-state index in [0.29, 0.717) is 29.8 Å². The van der Waals surface area contributed by atoms with Gasteiger partial charge in [0, 0.05) is 12.0 Å². The van der Waals surface area contributed by atoms with Gasteiger partial charge in [0.2, 0.25) is 5.95 Å². The Hall–Kier alpha value is -1.75. The number of Topliss-reactive ketones (excluding diaryl/α,β-unsaturated/α-hetero) is 1. The molecule has 5 nitrogen and oxygen atoms in total. The highest BCUT2D eigenvalue weighted by molar-refractivity contribution is 6.21. The lowest BCUT2D eigenvalue weighted by atomic mass is 9.71. The van der Waals surface area contributed by atoms with Crippen molar-refractivity contribution in [1.29, 1.82) is 0 Å². The molecule has 0 bridgehead atoms. The van der Waals surface area contributed by atoms with E-state index in [-0.39, 0.29) is 17.1 Å². The maximum Gasteiger partial charge on any atom is 0.220 e. The van der Waals surface area contributed by atoms with Crippen LogP contribution in [0.3, 0.4) is 0 Å². The molecule has 2 aliphatic carbocycles. The average Bonchev–Trinajstić information content (AvgIpc) is 2.51. The zero-order valence-electron chi connectivity index (χ0n) is 11.3. The number of fused-ring (bicyclic) bond motifs is 2. The molecular weight excluding hydrogens is 242 g/mol. The standard InChI is InChI=1S/C14H17N3O2/c1-6-9-11(17-13(15)16-6)8-4-7(18)5-14(2,3)10(8)12(9)19/h7,18H,4-5H2,1-3H3,(H2,15,16,17). The summed E-state index contributed by atoms with van der Waals surface area (Å²) in [6.45, 7) is 5.75. The number of ketones is 1. The van der Waals surface area contributed by atoms with E-state index in [1.54, 1.807) is 6.92 Å². The Morgan fingerprint density at radius 2 is 2.05 bits per heavy atom. The molecular formula is C14H17N3O2. The van der Waals surface area contributed by atoms with E-state index in [2.05, 4.69) is 9.97 Å². The van der Waals surface area contributed by atoms with Gasteiger partial charge >= 0.3 is 0 Å². The number of aliphatic hydroxyl groups is 1. The van der Waals surface area contributed by atoms with Crippen molar-refractivity contribution in [3.05, 3.63) is 22.5 Å². The van der Waals surface area contributed by atoms with Gasteiger partial charge in [-0.1, -0.05) is 13.8 Å². The van der Waals surface area contributed by atoms with Gasteiger partial charge in [0.15, 0.2) is 5.78 Å². The van der Waals surface area contributed by atoms with Crippen molar-refractivity contribution in [2.24, 2.45) is 5.41 Å². The van der Waals surface area contributed by atoms with Gasteiger partial charge in [0.25, 0.3) is 0 Å². The zero-order chi connectivity index (χ0) is 13.9. The zero-order valence-corrected chi connectivity index (χ0v) is 11.3. The second-order valence-electron chi connectivity index (χ2n) is 6.02. The van der Waals surface area contributed by atoms with Crippen LogP contribution in [0, 0.1) is 12.3 Å². The summed E-state index contributed by atoms with van der Waals surface area (Å²) in [5, 5.41) is 10.0. The molecule has 3 rings (SSSR count). The number of aliphatic hydroxyl groups excluding tert-OH is 1. The van der Waals surface area contributed by atoms with Crippen LogP contribution in [0.2, 0.25) is 0 Å². The number of hydrogen-bond acceptors (Lipinski definition) is 5. The average molecular weight is 259 g/mol. The molecule has 100 valence electrons. The molecule has 1 aromatic heterocycles. The molecule has 0 spiro atoms. The number of carbonyl (C=O) groups is 1. The Morgan fingerprint density at radius 3 is 2.74 bits per heavy atom. The number of nitrogen functional groups attached to an aromatic ring is 1. The molecule has 0 aromatic carbocycles. The second-order valence-corrected chi connectivity index (χ2v) is 6.02. The largest absolute Gasteiger partial charge is 0.393 e. The minimum Gasteiger partial charge on any atom is -0.393 e. The van der Waals surface area contributed by atoms with E-state index in [1.807, 2.05) is 13.8 Å². The molecule has 3 N–H and O–H groups in total. The van der Waals surface area contributed by atoms with Gasteiger partial charge < -0.3 is 10.8 Å². The Morgan fingerprint density at radius 1 is 1.37 bits per heavy atom. The molecule has 19 heavy (non-hydrogen) atoms. The first-order valence-corrected chi connectivity index (χ1v) is 6.42. The predicted octanol–water partition coefficient (Wildman–Crippen LogP) is 1.50. The molecule has 0 radical (unpaired) electrons. The molecule has 5 heteroatoms. The molecule has 0 aliphatic heterocycles. The highest BCUT2D eigenvalue weighted by Crippen LogP contribution is 2.49. The summed E-state index contributed by atoms with van der Waals surface area (Å²) in [5.74, 6) is 0.176. The Bertz CT molecular complexity index is 632. The van der Waals surface area contributed by atoms with Crippen LogP contribution in [-0.4, -0.2) is 27.0 Å². The predicted molar refractivity (Wildman–Crippen MR) is 71.5 cm³/mol. The molecule has 2 aliphatic rings. The first-order chi connectivity index (χ1) is 8.81. The van der Waals surface area contributed by atoms with Crippen LogP contribution >= 0.6 is 0 Å². The monoisotopic (exact) mass is 259 g/mol. The Balaban J connectivity index is 2.28. The number of hydrogen-bond donors (Lipinski definition) is 2. The minimum absolute atomic E-state index is 0.000556. The maximum absolute atomic E-state index is 12.6. The van der Waals surface area contributed by atoms with Crippen molar-refractivity contribution in [1.82, 2.24) is 9.97 Å². The molecule has 0 saturated heterocycles. The van der Waals surface area contributed by atoms with Gasteiger partial charge in [-0.25, -0.2) is 9.97 Å². The van der Waals surface area contributed by atoms with E-state index >= 15 is 0 Å². The third-order valence-electron chi connectivity index (χ3n) is 4.01. The number of aromatic nitrogens is 2. The molecule has 1 heterocycles. The number of allylic oxidation sites excluding steroid dienone is 1. The molecule has 1 aromatic rings. The number of anilines is 1. The fraction of sp³-hybridized carbons (Fsp3) is 0.500. The van der Waals surface area contributed by atoms with Crippen LogP contribution in [0.4, 0.5) is 5.95 Å². The van der Waals surface area contributed by atoms with Crippen molar-refractivity contribution in [3.63, 3.8) is 0 Å². The van der Waals surface area contributed by atoms with Crippen LogP contribution in [0.15, 0.2) is 5.57 Å². The van der Waals surface area contributed by atoms with Gasteiger partial charge in [0.1, 0.15) is 0 Å². The molecule has 0 saturated carbocycles. The third kappa shape index (κ3) is 1.61. The third-order valence-corrected chi connectivity index (χ3v) is 4.01. The van der Waals surface area contributed by atoms with E-state index in [9.17, 15) is 9.90 Å². The van der Waals surface area contributed by atoms with Crippen LogP contribution in [0.1, 0.15) is 48.4 Å². The van der Waals surface area contributed by atoms with Crippen molar-refractivity contribution in [2.75, 3.05) is 5.73 Å². The Kier molecular flexibility index (Phi) is 2.35. The minimum atomic E-state index is -0.441. The van der Waals surface area contributed by atoms with E-state index in [0.717, 1.165) is 11.1 Å². The van der Waals surface area contributed by atoms with Crippen LogP contribution in [0.5, 0.6) is 0 Å². The van der Waals surface area contributed by atoms with Gasteiger partial charge in [-0.2, -0.15) is 0 Å². The molecule has 0 fully saturated rings. The molecule has 1 atom stereocenters. The highest BCUT2D eigenvalue weighted by atomic mass is 16.3. The van der Waals surface area contributed by atoms with Crippen molar-refractivity contribution in [2.45, 2.75) is 39.7 Å². The van der Waals surface area contributed by atoms with Crippen molar-refractivity contribution < 1.29 is 9.90 Å². The number of nitrogens with two attached hydrogens (primary N) is 1. The Labute approximate surface area is 111 Å². The SMILES string of the molecule is Cc1nc(N)nc2c1C(=O)C1=C2CC(O)CC1(C)C. The summed E-state index contributed by atoms with van der Waals surface area (Å²) in [6.07, 6.45) is 0.616. The van der Waals surface area contributed by atoms with Gasteiger partial charge in [-0.05, 0) is 24.3 Å². The fourth-order valence-corrected chi connectivity index (χ4v) is 3.38. The first kappa shape index (κ1) is 12.3. The van der Waals surface area contributed by atoms with E-state index in [1.165, 1.54) is 0 Å². The number of aryl methyl sites for hydroxylation is 1. The van der Waals surface area contributed by atoms with Crippen molar-refractivity contribution in [3.8, 4) is 0 Å². The van der Waals surface area contributed by atoms with E-state index < -0.39 is 6.10 Å². The van der Waals surface area contributed by atoms with Crippen LogP contribution < -0.4 is 5.73 Å². The summed E-state index contributed by atoms with van der Waals surface area (Å²) < 4.78 is 0. The fourth-order valence-electron chi connectivity index (χ4n) is 3.38. The summed E-state index contributed by atoms with van der Waals surface area (Å²) in [5.41, 5.74) is 8.76. The van der Waals surface area contributed by atoms with Gasteiger partial charge in [-0.15, -0.1) is 0 Å². The summed E-state index contributed by atoms with van der Waals surface area (Å²) in [4.78, 5) is 20.9. The smallest absolute Gasteiger partial charge is 0.220 e. The summed E-state index contributed by atoms with van der Waals surface area (Å²) in [6, 6.07) is 0. The van der Waals surface area contributed by atoms with Crippen LogP contribution in [0.25, 0.3) is 5.57 Å². The summed E-state index contributed by atoms with van der Waals surface area (Å²) in [7, 11) is 0. The van der Waals surface area contributed by atoms with Crippen LogP contribution in [-0.2, 0) is 0 Å². The van der Waals surface area contributed by atoms with Gasteiger partial charge in [0.05, 0.1) is 23.1 Å². The lowest BCUT2D eigenvalue weighted by molar-refractivity contribution is 0.0950. The van der Waals surface area contributed by atoms with Gasteiger partial charge in [-0.3, -0.25) is 4.79 Å². The summed E-state index contributed by atoms with van der Waals surface area (Å²) >= 11 is 0. The normalized spacial score (nSPS) is 24.4. The highest BCUT2D eigenvalue weighted by Gasteiger charge is 2.45. The molecule has 1 unspecified atom stereocenters. The number of rotatable bonds is 0. The maximum atomic E-state index is 12.6. The van der Waals surface area contributed by atoms with E-state index in [4.69, 9.17) is 5.73 Å². The number of nitrogens with zero attached hydrogens (tertiary/aromatic N) is 2. The topological polar surface area (TPSA) is 89.1 Å². The molecule has 0 amide bonds. The second kappa shape index (κ2) is 3.63. The quantitative estimate of drug-likeness (QED) is 0.737. The number of carbonyl (C=O) groups excluding carboxylic acids is 1. The lowest BCUT2D eigenvalue weighted by Gasteiger charge is -2.34. The first-order valence-electron chi connectivity index (χ1n) is 6.42. The van der Waals surface area contributed by atoms with Crippen molar-refractivity contribution >= 4 is 17.3 Å². The lowest BCUT2D eigenvalue weighted by Crippen LogP contribution is -2.30.